The minimum absolute atomic E-state index is 0.0263. The number of nitrogens with zero attached hydrogens (tertiary/aromatic N) is 12. The minimum atomic E-state index is -0.161. The maximum Gasteiger partial charge on any atom is 0.254 e. The van der Waals surface area contributed by atoms with Gasteiger partial charge in [-0.05, 0) is 191 Å². The number of amides is 2. The second-order valence-corrected chi connectivity index (χ2v) is 24.1. The third-order valence-corrected chi connectivity index (χ3v) is 18.2. The molecular weight excluding hydrogens is 1190 g/mol. The molecule has 2 amide bonds. The van der Waals surface area contributed by atoms with Crippen LogP contribution in [0.25, 0.3) is 94.7 Å². The molecule has 476 valence electrons. The molecule has 0 atom stereocenters. The SMILES string of the molecule is O=C(c1ccc(-c2cccc(O)c2)c(COc2ccc(-c3nc4cc(-c5nn[nH]n5)ccc4n3C3CCCCC3)cc2)c1)N1CCOCC1.[C-]#[N+]c1ccc(-c2ccc(C(=O)NC)cc2COc2ccc(-c3nc4cc(-c5nn[nH]n5)ccc4n3C3CCCCC3)cc2)cc1. The summed E-state index contributed by atoms with van der Waals surface area (Å²) in [5.74, 6) is 4.35. The van der Waals surface area contributed by atoms with Crippen molar-refractivity contribution in [1.82, 2.24) is 70.6 Å². The fourth-order valence-corrected chi connectivity index (χ4v) is 13.3. The van der Waals surface area contributed by atoms with E-state index in [4.69, 9.17) is 30.8 Å². The highest BCUT2D eigenvalue weighted by atomic mass is 16.5. The number of imidazole rings is 2. The molecular formula is C74H69N15O6. The lowest BCUT2D eigenvalue weighted by molar-refractivity contribution is 0.0303. The number of carbonyl (C=O) groups is 2. The number of aromatic amines is 2. The van der Waals surface area contributed by atoms with Gasteiger partial charge in [0.05, 0.1) is 41.9 Å². The number of rotatable bonds is 16. The summed E-state index contributed by atoms with van der Waals surface area (Å²) in [5.41, 5.74) is 14.9. The maximum atomic E-state index is 13.4. The summed E-state index contributed by atoms with van der Waals surface area (Å²) < 4.78 is 22.9. The first-order valence-corrected chi connectivity index (χ1v) is 32.3. The number of phenolic OH excluding ortho intramolecular Hbond substituents is 1. The molecule has 3 aliphatic rings. The van der Waals surface area contributed by atoms with Gasteiger partial charge in [0.15, 0.2) is 5.69 Å². The van der Waals surface area contributed by atoms with Crippen molar-refractivity contribution in [1.29, 1.82) is 0 Å². The van der Waals surface area contributed by atoms with Crippen LogP contribution in [0.2, 0.25) is 0 Å². The van der Waals surface area contributed by atoms with E-state index >= 15 is 0 Å². The normalized spacial score (nSPS) is 14.5. The zero-order valence-corrected chi connectivity index (χ0v) is 52.5. The summed E-state index contributed by atoms with van der Waals surface area (Å²) in [4.78, 5) is 41.4. The van der Waals surface area contributed by atoms with E-state index in [1.165, 1.54) is 38.5 Å². The standard InChI is InChI=1S/C38H37N7O4.C36H32N8O2/c46-31-8-4-5-26(22-31)33-15-11-28(38(47)44-17-19-48-20-18-44)21-29(33)24-49-32-13-9-25(10-14-32)37-39-34-23-27(36-40-42-43-41-36)12-16-35(34)45(37)30-6-2-1-3-7-30;1-37-28-14-8-23(9-15-28)31-18-12-26(36(45)38-2)20-27(31)22-46-30-16-10-24(11-17-30)35-39-32-21-25(34-40-42-43-41-34)13-19-33(32)44(35)29-6-4-3-5-7-29/h4-5,8-16,21-23,30,46H,1-3,6-7,17-20,24H2,(H,40,41,42,43);8-21,29H,3-7,22H2,2H3,(H,38,45)(H,40,41,42,43). The van der Waals surface area contributed by atoms with Crippen LogP contribution in [0.15, 0.2) is 170 Å². The molecule has 3 fully saturated rings. The van der Waals surface area contributed by atoms with Crippen molar-refractivity contribution in [3.63, 3.8) is 0 Å². The molecule has 0 bridgehead atoms. The molecule has 0 unspecified atom stereocenters. The summed E-state index contributed by atoms with van der Waals surface area (Å²) >= 11 is 0. The molecule has 12 aromatic rings. The van der Waals surface area contributed by atoms with Gasteiger partial charge in [0.1, 0.15) is 42.1 Å². The molecule has 5 heterocycles. The number of tetrazole rings is 2. The number of aromatic nitrogens is 12. The first-order chi connectivity index (χ1) is 46.7. The van der Waals surface area contributed by atoms with Crippen LogP contribution in [0.1, 0.15) is 108 Å². The van der Waals surface area contributed by atoms with E-state index in [2.05, 4.69) is 96.9 Å². The fourth-order valence-electron chi connectivity index (χ4n) is 13.3. The van der Waals surface area contributed by atoms with Crippen LogP contribution in [0.4, 0.5) is 5.69 Å². The molecule has 2 aliphatic carbocycles. The molecule has 1 saturated heterocycles. The van der Waals surface area contributed by atoms with Gasteiger partial charge in [-0.25, -0.2) is 14.8 Å². The Labute approximate surface area is 548 Å². The van der Waals surface area contributed by atoms with Crippen LogP contribution >= 0.6 is 0 Å². The van der Waals surface area contributed by atoms with Crippen molar-refractivity contribution < 1.29 is 28.9 Å². The van der Waals surface area contributed by atoms with Crippen LogP contribution in [-0.4, -0.2) is 116 Å². The molecule has 15 rings (SSSR count). The van der Waals surface area contributed by atoms with E-state index in [0.717, 1.165) is 115 Å². The smallest absolute Gasteiger partial charge is 0.254 e. The molecule has 21 nitrogen and oxygen atoms in total. The monoisotopic (exact) mass is 1260 g/mol. The lowest BCUT2D eigenvalue weighted by atomic mass is 9.94. The van der Waals surface area contributed by atoms with E-state index in [9.17, 15) is 14.7 Å². The Kier molecular flexibility index (Phi) is 17.9. The average molecular weight is 1260 g/mol. The van der Waals surface area contributed by atoms with Gasteiger partial charge in [0, 0.05) is 65.6 Å². The Morgan fingerprint density at radius 2 is 1.06 bits per heavy atom. The number of phenols is 1. The largest absolute Gasteiger partial charge is 0.508 e. The van der Waals surface area contributed by atoms with Gasteiger partial charge in [-0.3, -0.25) is 9.59 Å². The highest BCUT2D eigenvalue weighted by Gasteiger charge is 2.27. The predicted molar refractivity (Wildman–Crippen MR) is 361 cm³/mol. The topological polar surface area (TPSA) is 246 Å². The summed E-state index contributed by atoms with van der Waals surface area (Å²) in [5, 5.41) is 41.9. The van der Waals surface area contributed by atoms with Crippen molar-refractivity contribution in [2.45, 2.75) is 89.5 Å². The van der Waals surface area contributed by atoms with Gasteiger partial charge in [-0.15, -0.1) is 20.4 Å². The molecule has 21 heteroatoms. The van der Waals surface area contributed by atoms with Gasteiger partial charge >= 0.3 is 0 Å². The number of H-pyrrole nitrogens is 2. The lowest BCUT2D eigenvalue weighted by Crippen LogP contribution is -2.40. The van der Waals surface area contributed by atoms with Gasteiger partial charge in [-0.2, -0.15) is 10.4 Å². The zero-order valence-electron chi connectivity index (χ0n) is 52.5. The first kappa shape index (κ1) is 61.2. The maximum absolute atomic E-state index is 13.4. The Morgan fingerprint density at radius 1 is 0.568 bits per heavy atom. The molecule has 8 aromatic carbocycles. The van der Waals surface area contributed by atoms with E-state index in [-0.39, 0.29) is 30.8 Å². The van der Waals surface area contributed by atoms with Crippen molar-refractivity contribution in [2.24, 2.45) is 0 Å². The van der Waals surface area contributed by atoms with Crippen molar-refractivity contribution in [2.75, 3.05) is 33.4 Å². The number of hydrogen-bond donors (Lipinski definition) is 4. The second kappa shape index (κ2) is 27.8. The van der Waals surface area contributed by atoms with E-state index in [1.807, 2.05) is 108 Å². The van der Waals surface area contributed by atoms with E-state index in [0.29, 0.717) is 78.3 Å². The first-order valence-electron chi connectivity index (χ1n) is 32.3. The number of ether oxygens (including phenoxy) is 3. The number of nitrogens with one attached hydrogen (secondary N) is 3. The summed E-state index contributed by atoms with van der Waals surface area (Å²) in [7, 11) is 1.62. The molecule has 0 spiro atoms. The third-order valence-electron chi connectivity index (χ3n) is 18.2. The molecule has 2 saturated carbocycles. The van der Waals surface area contributed by atoms with Crippen LogP contribution < -0.4 is 14.8 Å². The lowest BCUT2D eigenvalue weighted by Gasteiger charge is -2.27. The summed E-state index contributed by atoms with van der Waals surface area (Å²) in [6, 6.07) is 55.1. The van der Waals surface area contributed by atoms with Gasteiger partial charge in [0.25, 0.3) is 11.8 Å². The van der Waals surface area contributed by atoms with Crippen molar-refractivity contribution in [3.05, 3.63) is 204 Å². The van der Waals surface area contributed by atoms with Gasteiger partial charge < -0.3 is 38.7 Å². The minimum Gasteiger partial charge on any atom is -0.508 e. The molecule has 4 N–H and O–H groups in total. The number of hydrogen-bond acceptors (Lipinski definition) is 14. The Balaban J connectivity index is 0.000000164. The predicted octanol–water partition coefficient (Wildman–Crippen LogP) is 14.4. The fraction of sp³-hybridized carbons (Fsp3) is 0.257. The quantitative estimate of drug-likeness (QED) is 0.0658. The van der Waals surface area contributed by atoms with Gasteiger partial charge in [-0.1, -0.05) is 87.1 Å². The average Bonchev–Trinajstić information content (AvgIpc) is 1.65. The van der Waals surface area contributed by atoms with E-state index < -0.39 is 0 Å². The molecule has 1 aliphatic heterocycles. The van der Waals surface area contributed by atoms with Crippen LogP contribution in [0, 0.1) is 6.57 Å². The van der Waals surface area contributed by atoms with Crippen LogP contribution in [-0.2, 0) is 18.0 Å². The van der Waals surface area contributed by atoms with E-state index in [1.54, 1.807) is 37.4 Å². The number of morpholine rings is 1. The van der Waals surface area contributed by atoms with Crippen molar-refractivity contribution in [3.8, 4) is 85.1 Å². The molecule has 95 heavy (non-hydrogen) atoms. The molecule has 4 aromatic heterocycles. The number of carbonyl (C=O) groups excluding carboxylic acids is 2. The number of fused-ring (bicyclic) bond motifs is 2. The Bertz CT molecular complexity index is 4720. The van der Waals surface area contributed by atoms with Crippen molar-refractivity contribution >= 4 is 39.6 Å². The summed E-state index contributed by atoms with van der Waals surface area (Å²) in [6.45, 7) is 9.99. The third kappa shape index (κ3) is 13.3. The second-order valence-electron chi connectivity index (χ2n) is 24.1. The molecule has 0 radical (unpaired) electrons. The Hall–Kier alpha value is -11.4. The number of aromatic hydroxyl groups is 1. The van der Waals surface area contributed by atoms with Gasteiger partial charge in [0.2, 0.25) is 11.6 Å². The zero-order chi connectivity index (χ0) is 64.6. The Morgan fingerprint density at radius 3 is 1.56 bits per heavy atom. The van der Waals surface area contributed by atoms with Crippen LogP contribution in [0.5, 0.6) is 17.2 Å². The number of benzene rings is 8. The highest BCUT2D eigenvalue weighted by Crippen LogP contribution is 2.40. The van der Waals surface area contributed by atoms with Crippen LogP contribution in [0.3, 0.4) is 0 Å². The summed E-state index contributed by atoms with van der Waals surface area (Å²) in [6.07, 6.45) is 11.9. The highest BCUT2D eigenvalue weighted by molar-refractivity contribution is 5.96.